The number of sulfonamides is 1. The van der Waals surface area contributed by atoms with Crippen molar-refractivity contribution < 1.29 is 23.4 Å². The van der Waals surface area contributed by atoms with Crippen LogP contribution in [-0.4, -0.2) is 60.2 Å². The Balaban J connectivity index is 2.00. The normalized spacial score (nSPS) is 11.7. The Morgan fingerprint density at radius 2 is 2.03 bits per heavy atom. The van der Waals surface area contributed by atoms with Crippen LogP contribution in [0, 0.1) is 11.8 Å². The Morgan fingerprint density at radius 3 is 2.74 bits per heavy atom. The van der Waals surface area contributed by atoms with Gasteiger partial charge in [0.1, 0.15) is 6.54 Å². The van der Waals surface area contributed by atoms with Gasteiger partial charge in [0, 0.05) is 24.2 Å². The van der Waals surface area contributed by atoms with Crippen molar-refractivity contribution in [2.75, 3.05) is 20.1 Å². The van der Waals surface area contributed by atoms with E-state index in [1.807, 2.05) is 0 Å². The van der Waals surface area contributed by atoms with Crippen LogP contribution >= 0.6 is 0 Å². The maximum Gasteiger partial charge on any atom is 0.318 e. The molecule has 0 fully saturated rings. The zero-order chi connectivity index (χ0) is 22.6. The van der Waals surface area contributed by atoms with Crippen LogP contribution in [0.3, 0.4) is 0 Å². The van der Waals surface area contributed by atoms with E-state index in [4.69, 9.17) is 10.8 Å². The zero-order valence-corrected chi connectivity index (χ0v) is 17.3. The van der Waals surface area contributed by atoms with E-state index in [0.29, 0.717) is 27.7 Å². The van der Waals surface area contributed by atoms with Gasteiger partial charge in [-0.05, 0) is 30.3 Å². The van der Waals surface area contributed by atoms with Gasteiger partial charge in [0.05, 0.1) is 28.2 Å². The summed E-state index contributed by atoms with van der Waals surface area (Å²) in [4.78, 5) is 17.9. The molecule has 0 saturated carbocycles. The van der Waals surface area contributed by atoms with Gasteiger partial charge >= 0.3 is 5.97 Å². The maximum atomic E-state index is 12.6. The molecule has 0 radical (unpaired) electrons. The number of benzene rings is 2. The van der Waals surface area contributed by atoms with E-state index in [1.165, 1.54) is 31.5 Å². The van der Waals surface area contributed by atoms with E-state index in [-0.39, 0.29) is 17.3 Å². The van der Waals surface area contributed by atoms with Crippen molar-refractivity contribution >= 4 is 38.8 Å². The lowest BCUT2D eigenvalue weighted by Crippen LogP contribution is -2.31. The average molecular weight is 440 g/mol. The molecule has 0 atom stereocenters. The molecule has 0 amide bonds. The summed E-state index contributed by atoms with van der Waals surface area (Å²) in [6, 6.07) is 11.1. The number of carboxylic acid groups (broad SMARTS) is 1. The highest BCUT2D eigenvalue weighted by Gasteiger charge is 2.23. The predicted octanol–water partition coefficient (Wildman–Crippen LogP) is 1.64. The Bertz CT molecular complexity index is 1330. The van der Waals surface area contributed by atoms with Gasteiger partial charge in [0.25, 0.3) is 0 Å². The molecule has 1 aromatic heterocycles. The Hall–Kier alpha value is -3.65. The topological polar surface area (TPSA) is 149 Å². The molecule has 0 saturated heterocycles. The molecule has 10 heteroatoms. The summed E-state index contributed by atoms with van der Waals surface area (Å²) in [6.45, 7) is -0.473. The number of aromatic hydroxyl groups is 1. The van der Waals surface area contributed by atoms with Crippen molar-refractivity contribution in [3.05, 3.63) is 53.6 Å². The number of carbonyl (C=O) groups is 1. The van der Waals surface area contributed by atoms with E-state index in [0.717, 1.165) is 4.31 Å². The number of aliphatic imine (C=N–C) groups is 1. The highest BCUT2D eigenvalue weighted by atomic mass is 32.2. The molecule has 0 aliphatic rings. The number of hydrogen-bond acceptors (Lipinski definition) is 6. The second-order valence-corrected chi connectivity index (χ2v) is 8.58. The number of nitrogens with two attached hydrogens (primary N) is 1. The molecule has 0 bridgehead atoms. The van der Waals surface area contributed by atoms with Crippen LogP contribution in [0.25, 0.3) is 10.9 Å². The molecular weight excluding hydrogens is 420 g/mol. The number of nitrogens with one attached hydrogen (secondary N) is 1. The van der Waals surface area contributed by atoms with E-state index >= 15 is 0 Å². The number of aromatic amines is 1. The standard InChI is InChI=1S/C21H20N4O5S/c1-25(13-19(26)27)31(29,30)16-8-3-7-15(11-16)23-12-17-20-14(6-4-10-22)5-2-9-18(20)24-21(17)28/h2-3,5,7-9,11-12,24,28H,10,13,22H2,1H3,(H,26,27). The zero-order valence-electron chi connectivity index (χ0n) is 16.5. The third-order valence-electron chi connectivity index (χ3n) is 4.39. The van der Waals surface area contributed by atoms with E-state index in [9.17, 15) is 18.3 Å². The highest BCUT2D eigenvalue weighted by molar-refractivity contribution is 7.89. The molecule has 31 heavy (non-hydrogen) atoms. The number of nitrogens with zero attached hydrogens (tertiary/aromatic N) is 2. The minimum Gasteiger partial charge on any atom is -0.494 e. The smallest absolute Gasteiger partial charge is 0.318 e. The lowest BCUT2D eigenvalue weighted by atomic mass is 10.1. The van der Waals surface area contributed by atoms with Gasteiger partial charge in [-0.3, -0.25) is 9.79 Å². The lowest BCUT2D eigenvalue weighted by Gasteiger charge is -2.14. The number of carboxylic acids is 1. The molecule has 0 unspecified atom stereocenters. The molecule has 3 rings (SSSR count). The van der Waals surface area contributed by atoms with Gasteiger partial charge in [0.15, 0.2) is 5.88 Å². The Morgan fingerprint density at radius 1 is 1.29 bits per heavy atom. The summed E-state index contributed by atoms with van der Waals surface area (Å²) in [5, 5.41) is 19.8. The molecule has 9 nitrogen and oxygen atoms in total. The predicted molar refractivity (Wildman–Crippen MR) is 117 cm³/mol. The summed E-state index contributed by atoms with van der Waals surface area (Å²) in [5.41, 5.74) is 7.48. The van der Waals surface area contributed by atoms with Crippen molar-refractivity contribution in [2.24, 2.45) is 10.7 Å². The lowest BCUT2D eigenvalue weighted by molar-refractivity contribution is -0.137. The van der Waals surface area contributed by atoms with Crippen LogP contribution in [-0.2, 0) is 14.8 Å². The number of H-pyrrole nitrogens is 1. The Kier molecular flexibility index (Phi) is 6.41. The molecule has 0 aliphatic heterocycles. The second-order valence-electron chi connectivity index (χ2n) is 6.53. The largest absolute Gasteiger partial charge is 0.494 e. The van der Waals surface area contributed by atoms with Gasteiger partial charge in [-0.25, -0.2) is 8.42 Å². The van der Waals surface area contributed by atoms with Gasteiger partial charge in [0.2, 0.25) is 10.0 Å². The number of aliphatic carboxylic acids is 1. The highest BCUT2D eigenvalue weighted by Crippen LogP contribution is 2.29. The third kappa shape index (κ3) is 4.75. The summed E-state index contributed by atoms with van der Waals surface area (Å²) in [6.07, 6.45) is 1.41. The fourth-order valence-corrected chi connectivity index (χ4v) is 4.12. The molecule has 0 spiro atoms. The summed E-state index contributed by atoms with van der Waals surface area (Å²) in [5.74, 6) is 4.37. The first-order valence-corrected chi connectivity index (χ1v) is 10.5. The number of aromatic nitrogens is 1. The van der Waals surface area contributed by atoms with Crippen LogP contribution < -0.4 is 5.73 Å². The second kappa shape index (κ2) is 9.01. The minimum absolute atomic E-state index is 0.0939. The van der Waals surface area contributed by atoms with Crippen LogP contribution in [0.5, 0.6) is 5.88 Å². The van der Waals surface area contributed by atoms with Crippen molar-refractivity contribution in [3.8, 4) is 17.7 Å². The van der Waals surface area contributed by atoms with Crippen LogP contribution in [0.2, 0.25) is 0 Å². The average Bonchev–Trinajstić information content (AvgIpc) is 3.06. The fraction of sp³-hybridized carbons (Fsp3) is 0.143. The quantitative estimate of drug-likeness (QED) is 0.338. The molecule has 1 heterocycles. The Labute approximate surface area is 178 Å². The van der Waals surface area contributed by atoms with Gasteiger partial charge < -0.3 is 20.9 Å². The van der Waals surface area contributed by atoms with Crippen molar-refractivity contribution in [2.45, 2.75) is 4.90 Å². The van der Waals surface area contributed by atoms with E-state index in [1.54, 1.807) is 24.3 Å². The van der Waals surface area contributed by atoms with Gasteiger partial charge in [-0.1, -0.05) is 24.0 Å². The van der Waals surface area contributed by atoms with Crippen LogP contribution in [0.1, 0.15) is 11.1 Å². The SMILES string of the molecule is CN(CC(=O)O)S(=O)(=O)c1cccc(N=Cc2c(O)[nH]c3cccc(C#CCN)c23)c1. The number of likely N-dealkylation sites (N-methyl/N-ethyl adjacent to an activating group) is 1. The number of fused-ring (bicyclic) bond motifs is 1. The summed E-state index contributed by atoms with van der Waals surface area (Å²) in [7, 11) is -2.81. The molecule has 3 aromatic rings. The number of hydrogen-bond donors (Lipinski definition) is 4. The van der Waals surface area contributed by atoms with E-state index < -0.39 is 22.5 Å². The molecule has 160 valence electrons. The molecule has 5 N–H and O–H groups in total. The van der Waals surface area contributed by atoms with Gasteiger partial charge in [-0.15, -0.1) is 0 Å². The molecule has 2 aromatic carbocycles. The van der Waals surface area contributed by atoms with Crippen LogP contribution in [0.4, 0.5) is 5.69 Å². The summed E-state index contributed by atoms with van der Waals surface area (Å²) >= 11 is 0. The first-order valence-electron chi connectivity index (χ1n) is 9.09. The third-order valence-corrected chi connectivity index (χ3v) is 6.19. The molecule has 0 aliphatic carbocycles. The van der Waals surface area contributed by atoms with Crippen molar-refractivity contribution in [3.63, 3.8) is 0 Å². The molecular formula is C21H20N4O5S. The van der Waals surface area contributed by atoms with Gasteiger partial charge in [-0.2, -0.15) is 4.31 Å². The van der Waals surface area contributed by atoms with Crippen molar-refractivity contribution in [1.29, 1.82) is 0 Å². The fourth-order valence-electron chi connectivity index (χ4n) is 2.95. The first kappa shape index (κ1) is 22.0. The number of rotatable bonds is 6. The first-order chi connectivity index (χ1) is 14.7. The van der Waals surface area contributed by atoms with Crippen LogP contribution in [0.15, 0.2) is 52.4 Å². The minimum atomic E-state index is -4.00. The monoisotopic (exact) mass is 440 g/mol. The maximum absolute atomic E-state index is 12.6. The van der Waals surface area contributed by atoms with E-state index in [2.05, 4.69) is 21.8 Å². The summed E-state index contributed by atoms with van der Waals surface area (Å²) < 4.78 is 25.9. The van der Waals surface area contributed by atoms with Crippen molar-refractivity contribution in [1.82, 2.24) is 9.29 Å².